The average Bonchev–Trinajstić information content (AvgIpc) is 3.40. The van der Waals surface area contributed by atoms with E-state index in [0.29, 0.717) is 27.5 Å². The number of nitrogens with zero attached hydrogens (tertiary/aromatic N) is 4. The van der Waals surface area contributed by atoms with Crippen LogP contribution in [0.2, 0.25) is 0 Å². The predicted molar refractivity (Wildman–Crippen MR) is 154 cm³/mol. The highest BCUT2D eigenvalue weighted by Crippen LogP contribution is 2.45. The maximum atomic E-state index is 12.9. The molecule has 2 atom stereocenters. The van der Waals surface area contributed by atoms with Crippen LogP contribution in [0.25, 0.3) is 0 Å². The fraction of sp³-hybridized carbons (Fsp3) is 0.517. The molecule has 4 rings (SSSR count). The number of anilines is 1. The van der Waals surface area contributed by atoms with Crippen molar-refractivity contribution in [2.75, 3.05) is 11.1 Å². The maximum absolute atomic E-state index is 12.9. The summed E-state index contributed by atoms with van der Waals surface area (Å²) in [5.41, 5.74) is 4.31. The fourth-order valence-corrected chi connectivity index (χ4v) is 7.12. The molecule has 2 heterocycles. The Kier molecular flexibility index (Phi) is 8.53. The van der Waals surface area contributed by atoms with Gasteiger partial charge < -0.3 is 14.6 Å². The lowest BCUT2D eigenvalue weighted by molar-refractivity contribution is -0.113. The molecule has 202 valence electrons. The van der Waals surface area contributed by atoms with Crippen LogP contribution in [-0.4, -0.2) is 26.4 Å². The van der Waals surface area contributed by atoms with E-state index in [1.54, 1.807) is 11.3 Å². The van der Waals surface area contributed by atoms with Gasteiger partial charge in [-0.1, -0.05) is 45.0 Å². The first kappa shape index (κ1) is 28.2. The minimum atomic E-state index is -0.297. The summed E-state index contributed by atoms with van der Waals surface area (Å²) in [6.45, 7) is 12.9. The molecule has 38 heavy (non-hydrogen) atoms. The third-order valence-electron chi connectivity index (χ3n) is 7.72. The van der Waals surface area contributed by atoms with E-state index in [1.807, 2.05) is 44.5 Å². The first-order valence-corrected chi connectivity index (χ1v) is 14.9. The highest BCUT2D eigenvalue weighted by atomic mass is 32.2. The van der Waals surface area contributed by atoms with Gasteiger partial charge >= 0.3 is 0 Å². The number of aryl methyl sites for hydroxylation is 2. The second-order valence-corrected chi connectivity index (χ2v) is 13.0. The number of thioether (sulfide) groups is 1. The normalized spacial score (nSPS) is 16.0. The lowest BCUT2D eigenvalue weighted by Gasteiger charge is -2.36. The number of nitriles is 1. The molecule has 1 aromatic carbocycles. The maximum Gasteiger partial charge on any atom is 0.235 e. The lowest BCUT2D eigenvalue weighted by atomic mass is 9.69. The Morgan fingerprint density at radius 2 is 2.03 bits per heavy atom. The van der Waals surface area contributed by atoms with Crippen LogP contribution in [0, 0.1) is 36.5 Å². The van der Waals surface area contributed by atoms with Gasteiger partial charge in [0.25, 0.3) is 0 Å². The van der Waals surface area contributed by atoms with E-state index in [-0.39, 0.29) is 23.2 Å². The van der Waals surface area contributed by atoms with Gasteiger partial charge in [-0.05, 0) is 80.2 Å². The first-order valence-electron chi connectivity index (χ1n) is 13.1. The number of amides is 1. The lowest BCUT2D eigenvalue weighted by Crippen LogP contribution is -2.28. The van der Waals surface area contributed by atoms with Crippen LogP contribution < -0.4 is 10.1 Å². The summed E-state index contributed by atoms with van der Waals surface area (Å²) in [4.78, 5) is 14.1. The number of hydrogen-bond acceptors (Lipinski definition) is 7. The van der Waals surface area contributed by atoms with Crippen molar-refractivity contribution in [1.29, 1.82) is 5.26 Å². The number of nitrogens with one attached hydrogen (secondary N) is 1. The van der Waals surface area contributed by atoms with Crippen LogP contribution in [0.3, 0.4) is 0 Å². The molecule has 0 radical (unpaired) electrons. The fourth-order valence-electron chi connectivity index (χ4n) is 5.10. The van der Waals surface area contributed by atoms with Crippen molar-refractivity contribution in [1.82, 2.24) is 14.8 Å². The van der Waals surface area contributed by atoms with Gasteiger partial charge in [-0.25, -0.2) is 0 Å². The van der Waals surface area contributed by atoms with Gasteiger partial charge in [0.2, 0.25) is 5.91 Å². The Morgan fingerprint density at radius 3 is 2.68 bits per heavy atom. The predicted octanol–water partition coefficient (Wildman–Crippen LogP) is 6.78. The van der Waals surface area contributed by atoms with E-state index in [4.69, 9.17) is 4.74 Å². The number of rotatable bonds is 9. The van der Waals surface area contributed by atoms with Crippen molar-refractivity contribution < 1.29 is 9.53 Å². The van der Waals surface area contributed by atoms with Crippen molar-refractivity contribution in [3.8, 4) is 11.8 Å². The molecule has 0 saturated carbocycles. The van der Waals surface area contributed by atoms with Gasteiger partial charge in [0.1, 0.15) is 16.8 Å². The number of aromatic nitrogens is 3. The summed E-state index contributed by atoms with van der Waals surface area (Å²) >= 11 is 2.89. The third kappa shape index (κ3) is 6.08. The second-order valence-electron chi connectivity index (χ2n) is 10.9. The molecule has 0 bridgehead atoms. The number of hydrogen-bond donors (Lipinski definition) is 1. The van der Waals surface area contributed by atoms with Gasteiger partial charge in [0.15, 0.2) is 17.1 Å². The Hall–Kier alpha value is -2.83. The van der Waals surface area contributed by atoms with Crippen LogP contribution >= 0.6 is 23.1 Å². The van der Waals surface area contributed by atoms with Crippen molar-refractivity contribution in [3.63, 3.8) is 0 Å². The number of fused-ring (bicyclic) bond motifs is 1. The van der Waals surface area contributed by atoms with Crippen molar-refractivity contribution in [2.24, 2.45) is 18.4 Å². The third-order valence-corrected chi connectivity index (χ3v) is 9.91. The summed E-state index contributed by atoms with van der Waals surface area (Å²) in [6.07, 6.45) is 3.79. The molecule has 0 saturated heterocycles. The monoisotopic (exact) mass is 551 g/mol. The van der Waals surface area contributed by atoms with E-state index >= 15 is 0 Å². The van der Waals surface area contributed by atoms with Crippen LogP contribution in [-0.2, 0) is 24.7 Å². The molecule has 0 fully saturated rings. The molecule has 7 nitrogen and oxygen atoms in total. The molecular weight excluding hydrogens is 514 g/mol. The standard InChI is InChI=1S/C29H37N5O2S2/c1-8-29(5,6)20-9-10-22-23(15-30)27(38-24(22)14-20)31-25(35)16-37-28-33-32-26(34(28)7)19(4)36-21-12-17(2)11-18(3)13-21/h11-13,19-20H,8-10,14,16H2,1-7H3,(H,31,35). The smallest absolute Gasteiger partial charge is 0.235 e. The summed E-state index contributed by atoms with van der Waals surface area (Å²) < 4.78 is 7.99. The summed E-state index contributed by atoms with van der Waals surface area (Å²) in [6, 6.07) is 8.46. The first-order chi connectivity index (χ1) is 18.0. The van der Waals surface area contributed by atoms with Gasteiger partial charge in [-0.3, -0.25) is 4.79 Å². The van der Waals surface area contributed by atoms with Crippen LogP contribution in [0.15, 0.2) is 23.4 Å². The molecule has 1 amide bonds. The Balaban J connectivity index is 1.39. The zero-order chi connectivity index (χ0) is 27.6. The van der Waals surface area contributed by atoms with Crippen LogP contribution in [0.1, 0.15) is 79.6 Å². The molecule has 0 spiro atoms. The zero-order valence-corrected chi connectivity index (χ0v) is 25.0. The van der Waals surface area contributed by atoms with Gasteiger partial charge in [0, 0.05) is 11.9 Å². The summed E-state index contributed by atoms with van der Waals surface area (Å²) in [7, 11) is 1.88. The highest BCUT2D eigenvalue weighted by molar-refractivity contribution is 7.99. The van der Waals surface area contributed by atoms with Crippen molar-refractivity contribution in [2.45, 2.75) is 78.5 Å². The number of benzene rings is 1. The molecule has 3 aromatic rings. The number of ether oxygens (including phenoxy) is 1. The highest BCUT2D eigenvalue weighted by Gasteiger charge is 2.34. The molecule has 1 aliphatic rings. The molecule has 9 heteroatoms. The molecule has 0 aliphatic heterocycles. The van der Waals surface area contributed by atoms with Crippen molar-refractivity contribution >= 4 is 34.0 Å². The second kappa shape index (κ2) is 11.5. The minimum absolute atomic E-state index is 0.153. The van der Waals surface area contributed by atoms with Gasteiger partial charge in [0.05, 0.1) is 11.3 Å². The number of carbonyl (C=O) groups excluding carboxylic acids is 1. The molecule has 1 N–H and O–H groups in total. The Bertz CT molecular complexity index is 1350. The Morgan fingerprint density at radius 1 is 1.32 bits per heavy atom. The SMILES string of the molecule is CCC(C)(C)C1CCc2c(sc(NC(=O)CSc3nnc(C(C)Oc4cc(C)cc(C)c4)n3C)c2C#N)C1. The van der Waals surface area contributed by atoms with Gasteiger partial charge in [-0.2, -0.15) is 5.26 Å². The topological polar surface area (TPSA) is 92.8 Å². The van der Waals surface area contributed by atoms with Crippen LogP contribution in [0.4, 0.5) is 5.00 Å². The number of carbonyl (C=O) groups is 1. The number of thiophene rings is 1. The van der Waals surface area contributed by atoms with E-state index in [9.17, 15) is 10.1 Å². The average molecular weight is 552 g/mol. The van der Waals surface area contributed by atoms with E-state index < -0.39 is 0 Å². The van der Waals surface area contributed by atoms with Crippen molar-refractivity contribution in [3.05, 3.63) is 51.2 Å². The largest absolute Gasteiger partial charge is 0.483 e. The summed E-state index contributed by atoms with van der Waals surface area (Å²) in [5, 5.41) is 22.8. The van der Waals surface area contributed by atoms with Crippen LogP contribution in [0.5, 0.6) is 5.75 Å². The Labute approximate surface area is 234 Å². The molecule has 2 unspecified atom stereocenters. The van der Waals surface area contributed by atoms with E-state index in [2.05, 4.69) is 48.4 Å². The van der Waals surface area contributed by atoms with E-state index in [0.717, 1.165) is 48.1 Å². The minimum Gasteiger partial charge on any atom is -0.483 e. The molecule has 2 aromatic heterocycles. The molecule has 1 aliphatic carbocycles. The summed E-state index contributed by atoms with van der Waals surface area (Å²) in [5.74, 6) is 2.10. The van der Waals surface area contributed by atoms with E-state index in [1.165, 1.54) is 16.6 Å². The zero-order valence-electron chi connectivity index (χ0n) is 23.3. The molecular formula is C29H37N5O2S2. The van der Waals surface area contributed by atoms with Gasteiger partial charge in [-0.15, -0.1) is 21.5 Å². The quantitative estimate of drug-likeness (QED) is 0.295.